The molecule has 2 aromatic rings. The van der Waals surface area contributed by atoms with Crippen LogP contribution < -0.4 is 0 Å². The highest BCUT2D eigenvalue weighted by Crippen LogP contribution is 2.44. The van der Waals surface area contributed by atoms with Gasteiger partial charge < -0.3 is 4.90 Å². The maximum Gasteiger partial charge on any atom is 0.0909 e. The summed E-state index contributed by atoms with van der Waals surface area (Å²) in [7, 11) is 2.05. The molecule has 2 atom stereocenters. The van der Waals surface area contributed by atoms with E-state index in [9.17, 15) is 0 Å². The summed E-state index contributed by atoms with van der Waals surface area (Å²) in [5.74, 6) is 1.89. The van der Waals surface area contributed by atoms with E-state index < -0.39 is 0 Å². The maximum atomic E-state index is 4.66. The van der Waals surface area contributed by atoms with E-state index in [1.165, 1.54) is 53.5 Å². The van der Waals surface area contributed by atoms with Gasteiger partial charge >= 0.3 is 0 Å². The molecule has 0 aromatic heterocycles. The Kier molecular flexibility index (Phi) is 8.87. The number of hydrogen-bond donors (Lipinski definition) is 0. The molecule has 2 aliphatic carbocycles. The number of thioether (sulfide) groups is 1. The Hall–Kier alpha value is -2.26. The van der Waals surface area contributed by atoms with Crippen molar-refractivity contribution in [3.05, 3.63) is 81.3 Å². The molecule has 0 N–H and O–H groups in total. The minimum Gasteiger partial charge on any atom is -0.366 e. The highest BCUT2D eigenvalue weighted by atomic mass is 32.2. The summed E-state index contributed by atoms with van der Waals surface area (Å²) in [5.41, 5.74) is 10.7. The van der Waals surface area contributed by atoms with Crippen LogP contribution in [0.25, 0.3) is 4.91 Å². The molecule has 0 amide bonds. The third kappa shape index (κ3) is 6.05. The van der Waals surface area contributed by atoms with E-state index in [0.717, 1.165) is 35.4 Å². The minimum absolute atomic E-state index is 0. The Morgan fingerprint density at radius 3 is 2.47 bits per heavy atom. The second kappa shape index (κ2) is 11.4. The molecule has 2 unspecified atom stereocenters. The fourth-order valence-electron chi connectivity index (χ4n) is 4.94. The number of rotatable bonds is 8. The van der Waals surface area contributed by atoms with Crippen LogP contribution in [0.15, 0.2) is 52.9 Å². The molecule has 1 fully saturated rings. The van der Waals surface area contributed by atoms with Gasteiger partial charge in [0.2, 0.25) is 0 Å². The van der Waals surface area contributed by atoms with Crippen LogP contribution in [0.1, 0.15) is 67.5 Å². The Morgan fingerprint density at radius 2 is 1.79 bits per heavy atom. The average Bonchev–Trinajstić information content (AvgIpc) is 2.79. The molecule has 0 aliphatic heterocycles. The lowest BCUT2D eigenvalue weighted by molar-refractivity contribution is 0.162. The Balaban J connectivity index is 0.00000324. The summed E-state index contributed by atoms with van der Waals surface area (Å²) in [4.78, 5) is 7.90. The molecule has 0 radical (unpaired) electrons. The molecule has 2 aromatic carbocycles. The van der Waals surface area contributed by atoms with Gasteiger partial charge in [0.1, 0.15) is 0 Å². The summed E-state index contributed by atoms with van der Waals surface area (Å²) in [5, 5.41) is 2.28. The Labute approximate surface area is 212 Å². The number of nitrogens with zero attached hydrogens (tertiary/aromatic N) is 2. The van der Waals surface area contributed by atoms with Gasteiger partial charge in [-0.15, -0.1) is 0 Å². The predicted molar refractivity (Wildman–Crippen MR) is 153 cm³/mol. The van der Waals surface area contributed by atoms with E-state index >= 15 is 0 Å². The molecule has 182 valence electrons. The molecular formula is C31H42N2S. The molecule has 4 rings (SSSR count). The van der Waals surface area contributed by atoms with Gasteiger partial charge in [0, 0.05) is 18.5 Å². The second-order valence-corrected chi connectivity index (χ2v) is 11.0. The number of allylic oxidation sites excluding steroid dienone is 1. The van der Waals surface area contributed by atoms with E-state index in [1.807, 2.05) is 13.4 Å². The zero-order valence-corrected chi connectivity index (χ0v) is 21.8. The molecule has 0 heterocycles. The van der Waals surface area contributed by atoms with Crippen molar-refractivity contribution in [3.8, 4) is 0 Å². The van der Waals surface area contributed by atoms with Gasteiger partial charge in [0.05, 0.1) is 12.0 Å². The van der Waals surface area contributed by atoms with Crippen molar-refractivity contribution in [2.75, 3.05) is 13.6 Å². The highest BCUT2D eigenvalue weighted by molar-refractivity contribution is 8.10. The predicted octanol–water partition coefficient (Wildman–Crippen LogP) is 8.53. The van der Waals surface area contributed by atoms with E-state index in [0.29, 0.717) is 0 Å². The lowest BCUT2D eigenvalue weighted by Gasteiger charge is -2.41. The van der Waals surface area contributed by atoms with Crippen molar-refractivity contribution in [1.82, 2.24) is 4.90 Å². The molecule has 1 saturated carbocycles. The minimum atomic E-state index is 0. The first kappa shape index (κ1) is 26.3. The summed E-state index contributed by atoms with van der Waals surface area (Å²) >= 11 is 1.76. The number of benzene rings is 2. The van der Waals surface area contributed by atoms with Crippen molar-refractivity contribution in [3.63, 3.8) is 0 Å². The zero-order valence-electron chi connectivity index (χ0n) is 20.9. The SMILES string of the molecule is C.C=C(S/C=C(\C)Cc1cc(C)c(N=CN(C)CC)cc1C)c1ccc2c(c1)CC1CCC1C2. The molecule has 0 spiro atoms. The van der Waals surface area contributed by atoms with Crippen LogP contribution in [-0.2, 0) is 19.3 Å². The van der Waals surface area contributed by atoms with Crippen molar-refractivity contribution in [2.24, 2.45) is 16.8 Å². The highest BCUT2D eigenvalue weighted by Gasteiger charge is 2.35. The smallest absolute Gasteiger partial charge is 0.0909 e. The first-order valence-corrected chi connectivity index (χ1v) is 13.2. The molecule has 2 nitrogen and oxygen atoms in total. The molecular weight excluding hydrogens is 432 g/mol. The first-order chi connectivity index (χ1) is 15.8. The van der Waals surface area contributed by atoms with Crippen LogP contribution in [0.3, 0.4) is 0 Å². The Morgan fingerprint density at radius 1 is 1.09 bits per heavy atom. The zero-order chi connectivity index (χ0) is 23.5. The largest absolute Gasteiger partial charge is 0.366 e. The van der Waals surface area contributed by atoms with Gasteiger partial charge in [-0.3, -0.25) is 0 Å². The second-order valence-electron chi connectivity index (χ2n) is 10.1. The van der Waals surface area contributed by atoms with Crippen LogP contribution >= 0.6 is 11.8 Å². The lowest BCUT2D eigenvalue weighted by Crippen LogP contribution is -2.33. The molecule has 0 saturated heterocycles. The van der Waals surface area contributed by atoms with Crippen molar-refractivity contribution >= 4 is 28.7 Å². The fraction of sp³-hybridized carbons (Fsp3) is 0.452. The number of fused-ring (bicyclic) bond motifs is 2. The van der Waals surface area contributed by atoms with Crippen molar-refractivity contribution in [2.45, 2.75) is 67.2 Å². The van der Waals surface area contributed by atoms with E-state index in [4.69, 9.17) is 0 Å². The molecule has 3 heteroatoms. The average molecular weight is 475 g/mol. The normalized spacial score (nSPS) is 19.1. The molecule has 34 heavy (non-hydrogen) atoms. The van der Waals surface area contributed by atoms with Gasteiger partial charge in [-0.25, -0.2) is 4.99 Å². The third-order valence-corrected chi connectivity index (χ3v) is 8.53. The standard InChI is InChI=1S/C30H38N2S.CH4/c1-7-32(6)19-31-30-14-21(3)28(13-22(30)4)12-20(2)18-33-23(5)24-8-9-27-16-25-10-11-26(25)17-29(27)15-24;/h8-9,13-15,18-19,25-26H,5,7,10-12,16-17H2,1-4,6H3;1H4/b20-18+,31-19?;. The van der Waals surface area contributed by atoms with Gasteiger partial charge in [-0.2, -0.15) is 0 Å². The van der Waals surface area contributed by atoms with E-state index in [-0.39, 0.29) is 7.43 Å². The quantitative estimate of drug-likeness (QED) is 0.281. The Bertz CT molecular complexity index is 1090. The third-order valence-electron chi connectivity index (χ3n) is 7.49. The molecule has 2 aliphatic rings. The van der Waals surface area contributed by atoms with Crippen LogP contribution in [0.2, 0.25) is 0 Å². The monoisotopic (exact) mass is 474 g/mol. The number of aliphatic imine (C=N–C) groups is 1. The van der Waals surface area contributed by atoms with Crippen molar-refractivity contribution < 1.29 is 0 Å². The van der Waals surface area contributed by atoms with Gasteiger partial charge in [-0.1, -0.05) is 55.6 Å². The van der Waals surface area contributed by atoms with Crippen LogP contribution in [0.4, 0.5) is 5.69 Å². The lowest BCUT2D eigenvalue weighted by atomic mass is 9.64. The summed E-state index contributed by atoms with van der Waals surface area (Å²) in [6.45, 7) is 14.0. The van der Waals surface area contributed by atoms with Crippen molar-refractivity contribution in [1.29, 1.82) is 0 Å². The summed E-state index contributed by atoms with van der Waals surface area (Å²) in [6.07, 6.45) is 8.29. The fourth-order valence-corrected chi connectivity index (χ4v) is 5.63. The molecule has 0 bridgehead atoms. The summed E-state index contributed by atoms with van der Waals surface area (Å²) in [6, 6.07) is 11.5. The van der Waals surface area contributed by atoms with E-state index in [2.05, 4.69) is 79.9 Å². The van der Waals surface area contributed by atoms with Crippen LogP contribution in [-0.4, -0.2) is 24.8 Å². The topological polar surface area (TPSA) is 15.6 Å². The number of hydrogen-bond acceptors (Lipinski definition) is 2. The maximum absolute atomic E-state index is 4.66. The van der Waals surface area contributed by atoms with Crippen LogP contribution in [0, 0.1) is 25.7 Å². The van der Waals surface area contributed by atoms with Gasteiger partial charge in [0.25, 0.3) is 0 Å². The van der Waals surface area contributed by atoms with Gasteiger partial charge in [-0.05, 0) is 116 Å². The first-order valence-electron chi connectivity index (χ1n) is 12.3. The van der Waals surface area contributed by atoms with E-state index in [1.54, 1.807) is 22.9 Å². The van der Waals surface area contributed by atoms with Gasteiger partial charge in [0.15, 0.2) is 0 Å². The number of aryl methyl sites for hydroxylation is 2. The summed E-state index contributed by atoms with van der Waals surface area (Å²) < 4.78 is 0. The van der Waals surface area contributed by atoms with Crippen LogP contribution in [0.5, 0.6) is 0 Å².